The molecule has 1 heterocycles. The molecule has 0 aromatic rings. The second-order valence-electron chi connectivity index (χ2n) is 4.30. The van der Waals surface area contributed by atoms with Gasteiger partial charge in [-0.25, -0.2) is 0 Å². The van der Waals surface area contributed by atoms with E-state index in [1.54, 1.807) is 0 Å². The van der Waals surface area contributed by atoms with Crippen LogP contribution in [0.1, 0.15) is 13.3 Å². The number of rotatable bonds is 2. The first-order valence-corrected chi connectivity index (χ1v) is 5.73. The van der Waals surface area contributed by atoms with Gasteiger partial charge in [0.05, 0.1) is 18.8 Å². The Kier molecular flexibility index (Phi) is 7.37. The van der Waals surface area contributed by atoms with Crippen molar-refractivity contribution in [1.29, 1.82) is 0 Å². The predicted molar refractivity (Wildman–Crippen MR) is 76.2 cm³/mol. The van der Waals surface area contributed by atoms with Crippen molar-refractivity contribution >= 4 is 24.8 Å². The number of morpholine rings is 1. The lowest BCUT2D eigenvalue weighted by Gasteiger charge is -2.43. The summed E-state index contributed by atoms with van der Waals surface area (Å²) in [5, 5.41) is 0. The summed E-state index contributed by atoms with van der Waals surface area (Å²) in [5.41, 5.74) is 6.21. The zero-order valence-corrected chi connectivity index (χ0v) is 11.8. The largest absolute Gasteiger partial charge is 0.379 e. The van der Waals surface area contributed by atoms with Gasteiger partial charge < -0.3 is 10.5 Å². The van der Waals surface area contributed by atoms with Crippen molar-refractivity contribution in [1.82, 2.24) is 4.90 Å². The molecular weight excluding hydrogens is 259 g/mol. The van der Waals surface area contributed by atoms with E-state index in [2.05, 4.69) is 36.1 Å². The molecule has 17 heavy (non-hydrogen) atoms. The van der Waals surface area contributed by atoms with Crippen LogP contribution in [0.2, 0.25) is 0 Å². The maximum Gasteiger partial charge on any atom is 0.0594 e. The molecule has 1 saturated heterocycles. The van der Waals surface area contributed by atoms with E-state index in [9.17, 15) is 0 Å². The first kappa shape index (κ1) is 16.9. The number of hydrogen-bond donors (Lipinski definition) is 1. The zero-order valence-electron chi connectivity index (χ0n) is 10.2. The molecule has 0 bridgehead atoms. The van der Waals surface area contributed by atoms with E-state index in [1.165, 1.54) is 0 Å². The zero-order chi connectivity index (χ0) is 10.7. The molecular formula is C12H22Cl2N2O. The van der Waals surface area contributed by atoms with Crippen LogP contribution in [0.3, 0.4) is 0 Å². The second kappa shape index (κ2) is 7.39. The minimum Gasteiger partial charge on any atom is -0.379 e. The highest BCUT2D eigenvalue weighted by Crippen LogP contribution is 2.24. The van der Waals surface area contributed by atoms with Crippen LogP contribution in [0.15, 0.2) is 24.3 Å². The second-order valence-corrected chi connectivity index (χ2v) is 4.30. The number of hydrogen-bond acceptors (Lipinski definition) is 3. The Balaban J connectivity index is 0.00000128. The molecule has 0 aromatic heterocycles. The van der Waals surface area contributed by atoms with Gasteiger partial charge in [-0.1, -0.05) is 31.2 Å². The van der Waals surface area contributed by atoms with Crippen LogP contribution < -0.4 is 5.73 Å². The monoisotopic (exact) mass is 280 g/mol. The van der Waals surface area contributed by atoms with Crippen LogP contribution in [0.25, 0.3) is 0 Å². The average molecular weight is 281 g/mol. The molecule has 2 atom stereocenters. The first-order valence-electron chi connectivity index (χ1n) is 5.73. The standard InChI is InChI=1S/C12H20N2O.2ClH/c1-2-12(13)6-4-3-5-11(12)14-7-9-15-10-8-14;;/h3-6,11H,2,7-10,13H2,1H3;2*1H/t11?,12-;;/m0../s1. The molecule has 2 rings (SSSR count). The van der Waals surface area contributed by atoms with Crippen molar-refractivity contribution < 1.29 is 4.74 Å². The predicted octanol–water partition coefficient (Wildman–Crippen LogP) is 1.76. The fourth-order valence-electron chi connectivity index (χ4n) is 2.33. The number of nitrogens with zero attached hydrogens (tertiary/aromatic N) is 1. The van der Waals surface area contributed by atoms with Gasteiger partial charge in [0.15, 0.2) is 0 Å². The van der Waals surface area contributed by atoms with E-state index in [0.29, 0.717) is 6.04 Å². The Hall–Kier alpha value is -0.0600. The smallest absolute Gasteiger partial charge is 0.0594 e. The van der Waals surface area contributed by atoms with Gasteiger partial charge in [-0.2, -0.15) is 0 Å². The lowest BCUT2D eigenvalue weighted by Crippen LogP contribution is -2.59. The van der Waals surface area contributed by atoms with Crippen LogP contribution in [-0.4, -0.2) is 42.8 Å². The van der Waals surface area contributed by atoms with E-state index in [0.717, 1.165) is 32.7 Å². The van der Waals surface area contributed by atoms with E-state index in [1.807, 2.05) is 0 Å². The third-order valence-corrected chi connectivity index (χ3v) is 3.41. The van der Waals surface area contributed by atoms with Gasteiger partial charge in [0, 0.05) is 19.1 Å². The van der Waals surface area contributed by atoms with Gasteiger partial charge in [0.2, 0.25) is 0 Å². The SMILES string of the molecule is CC[C@]1(N)C=CC=CC1N1CCOCC1.Cl.Cl. The molecule has 1 unspecified atom stereocenters. The fourth-order valence-corrected chi connectivity index (χ4v) is 2.33. The number of halogens is 2. The molecule has 1 aliphatic heterocycles. The molecule has 0 saturated carbocycles. The summed E-state index contributed by atoms with van der Waals surface area (Å²) < 4.78 is 5.37. The van der Waals surface area contributed by atoms with Crippen molar-refractivity contribution in [3.63, 3.8) is 0 Å². The molecule has 3 nitrogen and oxygen atoms in total. The molecule has 1 aliphatic carbocycles. The lowest BCUT2D eigenvalue weighted by atomic mass is 9.83. The van der Waals surface area contributed by atoms with Crippen molar-refractivity contribution in [2.75, 3.05) is 26.3 Å². The minimum atomic E-state index is -0.202. The summed E-state index contributed by atoms with van der Waals surface area (Å²) in [7, 11) is 0. The molecule has 2 aliphatic rings. The molecule has 5 heteroatoms. The molecule has 0 aromatic carbocycles. The Morgan fingerprint density at radius 3 is 2.53 bits per heavy atom. The van der Waals surface area contributed by atoms with E-state index < -0.39 is 0 Å². The summed E-state index contributed by atoms with van der Waals surface area (Å²) in [6, 6.07) is 0.330. The van der Waals surface area contributed by atoms with Crippen LogP contribution in [0.5, 0.6) is 0 Å². The number of allylic oxidation sites excluding steroid dienone is 2. The third-order valence-electron chi connectivity index (χ3n) is 3.41. The van der Waals surface area contributed by atoms with Crippen molar-refractivity contribution in [3.8, 4) is 0 Å². The van der Waals surface area contributed by atoms with Crippen molar-refractivity contribution in [3.05, 3.63) is 24.3 Å². The first-order chi connectivity index (χ1) is 7.26. The van der Waals surface area contributed by atoms with Crippen molar-refractivity contribution in [2.24, 2.45) is 5.73 Å². The molecule has 1 fully saturated rings. The van der Waals surface area contributed by atoms with Gasteiger partial charge in [0.1, 0.15) is 0 Å². The molecule has 0 spiro atoms. The van der Waals surface area contributed by atoms with E-state index in [4.69, 9.17) is 10.5 Å². The fraction of sp³-hybridized carbons (Fsp3) is 0.667. The maximum atomic E-state index is 6.41. The summed E-state index contributed by atoms with van der Waals surface area (Å²) in [5.74, 6) is 0. The highest BCUT2D eigenvalue weighted by atomic mass is 35.5. The van der Waals surface area contributed by atoms with E-state index in [-0.39, 0.29) is 30.4 Å². The Morgan fingerprint density at radius 1 is 1.29 bits per heavy atom. The molecule has 0 amide bonds. The van der Waals surface area contributed by atoms with Gasteiger partial charge in [0.25, 0.3) is 0 Å². The summed E-state index contributed by atoms with van der Waals surface area (Å²) in [6.45, 7) is 5.78. The summed E-state index contributed by atoms with van der Waals surface area (Å²) >= 11 is 0. The van der Waals surface area contributed by atoms with Gasteiger partial charge in [-0.15, -0.1) is 24.8 Å². The highest BCUT2D eigenvalue weighted by molar-refractivity contribution is 5.85. The maximum absolute atomic E-state index is 6.41. The topological polar surface area (TPSA) is 38.5 Å². The van der Waals surface area contributed by atoms with Crippen LogP contribution >= 0.6 is 24.8 Å². The quantitative estimate of drug-likeness (QED) is 0.838. The van der Waals surface area contributed by atoms with Gasteiger partial charge in [-0.3, -0.25) is 4.90 Å². The van der Waals surface area contributed by atoms with Gasteiger partial charge in [-0.05, 0) is 6.42 Å². The highest BCUT2D eigenvalue weighted by Gasteiger charge is 2.35. The van der Waals surface area contributed by atoms with Crippen LogP contribution in [-0.2, 0) is 4.74 Å². The van der Waals surface area contributed by atoms with Crippen LogP contribution in [0.4, 0.5) is 0 Å². The van der Waals surface area contributed by atoms with Crippen molar-refractivity contribution in [2.45, 2.75) is 24.9 Å². The normalized spacial score (nSPS) is 32.7. The summed E-state index contributed by atoms with van der Waals surface area (Å²) in [4.78, 5) is 2.42. The Morgan fingerprint density at radius 2 is 1.94 bits per heavy atom. The average Bonchev–Trinajstić information content (AvgIpc) is 2.31. The molecule has 100 valence electrons. The summed E-state index contributed by atoms with van der Waals surface area (Å²) in [6.07, 6.45) is 9.47. The van der Waals surface area contributed by atoms with E-state index >= 15 is 0 Å². The third kappa shape index (κ3) is 3.70. The number of ether oxygens (including phenoxy) is 1. The Bertz CT molecular complexity index is 278. The van der Waals surface area contributed by atoms with Crippen LogP contribution in [0, 0.1) is 0 Å². The minimum absolute atomic E-state index is 0. The molecule has 0 radical (unpaired) electrons. The number of nitrogens with two attached hydrogens (primary N) is 1. The molecule has 2 N–H and O–H groups in total. The van der Waals surface area contributed by atoms with Gasteiger partial charge >= 0.3 is 0 Å². The Labute approximate surface area is 116 Å². The lowest BCUT2D eigenvalue weighted by molar-refractivity contribution is 0.0141.